The summed E-state index contributed by atoms with van der Waals surface area (Å²) in [4.78, 5) is 0. The molecule has 0 aromatic carbocycles. The van der Waals surface area contributed by atoms with Gasteiger partial charge in [-0.05, 0) is 19.1 Å². The Morgan fingerprint density at radius 1 is 1.71 bits per heavy atom. The van der Waals surface area contributed by atoms with Gasteiger partial charge in [0.1, 0.15) is 0 Å². The van der Waals surface area contributed by atoms with Gasteiger partial charge in [0.15, 0.2) is 0 Å². The number of hydrogen-bond acceptors (Lipinski definition) is 2. The maximum Gasteiger partial charge on any atom is 0.00182 e. The molecule has 3 heteroatoms. The van der Waals surface area contributed by atoms with Crippen molar-refractivity contribution >= 4 is 25.0 Å². The molecule has 7 heavy (non-hydrogen) atoms. The maximum absolute atomic E-state index is 5.35. The smallest absolute Gasteiger partial charge is 0.00182 e. The summed E-state index contributed by atoms with van der Waals surface area (Å²) in [6.45, 7) is 1.98. The van der Waals surface area contributed by atoms with Gasteiger partial charge in [-0.1, -0.05) is 0 Å². The van der Waals surface area contributed by atoms with Crippen molar-refractivity contribution < 1.29 is 0 Å². The first kappa shape index (κ1) is 10.6. The zero-order valence-electron chi connectivity index (χ0n) is 4.42. The summed E-state index contributed by atoms with van der Waals surface area (Å²) in [5.41, 5.74) is 5.35. The van der Waals surface area contributed by atoms with Crippen molar-refractivity contribution in [2.45, 2.75) is 19.4 Å². The summed E-state index contributed by atoms with van der Waals surface area (Å²) in [7, 11) is 0. The first-order chi connectivity index (χ1) is 2.77. The molecule has 0 aliphatic rings. The molecule has 0 heterocycles. The fourth-order valence-electron chi connectivity index (χ4n) is 0.204. The highest BCUT2D eigenvalue weighted by Crippen LogP contribution is 1.85. The Morgan fingerprint density at radius 3 is 2.14 bits per heavy atom. The van der Waals surface area contributed by atoms with E-state index in [4.69, 9.17) is 5.73 Å². The molecule has 0 radical (unpaired) electrons. The molecule has 1 nitrogen and oxygen atoms in total. The van der Waals surface area contributed by atoms with Crippen LogP contribution in [0.2, 0.25) is 0 Å². The molecule has 0 aromatic rings. The minimum Gasteiger partial charge on any atom is -0.328 e. The van der Waals surface area contributed by atoms with Crippen molar-refractivity contribution in [2.75, 3.05) is 5.75 Å². The first-order valence-electron chi connectivity index (χ1n) is 2.14. The monoisotopic (exact) mass is 141 g/mol. The van der Waals surface area contributed by atoms with Crippen molar-refractivity contribution in [1.82, 2.24) is 0 Å². The highest BCUT2D eigenvalue weighted by Gasteiger charge is 1.86. The third-order valence-corrected chi connectivity index (χ3v) is 0.843. The zero-order valence-corrected chi connectivity index (χ0v) is 6.14. The quantitative estimate of drug-likeness (QED) is 0.553. The SMILES string of the molecule is C[C@H](N)CCS.Cl. The van der Waals surface area contributed by atoms with Crippen molar-refractivity contribution in [2.24, 2.45) is 5.73 Å². The van der Waals surface area contributed by atoms with Gasteiger partial charge in [0.2, 0.25) is 0 Å². The third kappa shape index (κ3) is 10.8. The summed E-state index contributed by atoms with van der Waals surface area (Å²) >= 11 is 3.98. The van der Waals surface area contributed by atoms with Crippen LogP contribution in [-0.2, 0) is 0 Å². The average Bonchev–Trinajstić information content (AvgIpc) is 1.35. The van der Waals surface area contributed by atoms with E-state index in [9.17, 15) is 0 Å². The highest BCUT2D eigenvalue weighted by molar-refractivity contribution is 7.80. The van der Waals surface area contributed by atoms with Gasteiger partial charge in [-0.15, -0.1) is 12.4 Å². The average molecular weight is 142 g/mol. The molecular weight excluding hydrogens is 130 g/mol. The van der Waals surface area contributed by atoms with Gasteiger partial charge in [0.05, 0.1) is 0 Å². The topological polar surface area (TPSA) is 26.0 Å². The fraction of sp³-hybridized carbons (Fsp3) is 1.00. The van der Waals surface area contributed by atoms with Crippen molar-refractivity contribution in [3.05, 3.63) is 0 Å². The number of nitrogens with two attached hydrogens (primary N) is 1. The maximum atomic E-state index is 5.35. The van der Waals surface area contributed by atoms with Crippen molar-refractivity contribution in [3.8, 4) is 0 Å². The predicted octanol–water partition coefficient (Wildman–Crippen LogP) is 1.08. The van der Waals surface area contributed by atoms with Gasteiger partial charge in [0, 0.05) is 6.04 Å². The van der Waals surface area contributed by atoms with Gasteiger partial charge < -0.3 is 5.73 Å². The number of hydrogen-bond donors (Lipinski definition) is 2. The lowest BCUT2D eigenvalue weighted by Gasteiger charge is -1.96. The van der Waals surface area contributed by atoms with E-state index in [2.05, 4.69) is 12.6 Å². The van der Waals surface area contributed by atoms with Gasteiger partial charge in [-0.3, -0.25) is 0 Å². The molecule has 0 aliphatic heterocycles. The summed E-state index contributed by atoms with van der Waals surface area (Å²) in [6.07, 6.45) is 1.02. The minimum atomic E-state index is 0. The van der Waals surface area contributed by atoms with Crippen LogP contribution in [0.25, 0.3) is 0 Å². The van der Waals surface area contributed by atoms with Crippen LogP contribution in [0.5, 0.6) is 0 Å². The Morgan fingerprint density at radius 2 is 2.14 bits per heavy atom. The van der Waals surface area contributed by atoms with E-state index in [1.54, 1.807) is 0 Å². The van der Waals surface area contributed by atoms with Crippen LogP contribution in [0, 0.1) is 0 Å². The van der Waals surface area contributed by atoms with Crippen LogP contribution in [0.4, 0.5) is 0 Å². The summed E-state index contributed by atoms with van der Waals surface area (Å²) < 4.78 is 0. The molecule has 0 amide bonds. The van der Waals surface area contributed by atoms with Crippen LogP contribution in [0.15, 0.2) is 0 Å². The van der Waals surface area contributed by atoms with Crippen LogP contribution in [0.1, 0.15) is 13.3 Å². The van der Waals surface area contributed by atoms with Gasteiger partial charge in [0.25, 0.3) is 0 Å². The van der Waals surface area contributed by atoms with Gasteiger partial charge >= 0.3 is 0 Å². The third-order valence-electron chi connectivity index (χ3n) is 0.584. The Bertz CT molecular complexity index is 32.9. The highest BCUT2D eigenvalue weighted by atomic mass is 35.5. The van der Waals surface area contributed by atoms with E-state index in [1.165, 1.54) is 0 Å². The zero-order chi connectivity index (χ0) is 4.99. The van der Waals surface area contributed by atoms with E-state index in [0.717, 1.165) is 12.2 Å². The largest absolute Gasteiger partial charge is 0.328 e. The summed E-state index contributed by atoms with van der Waals surface area (Å²) in [6, 6.07) is 0.322. The Labute approximate surface area is 56.5 Å². The lowest BCUT2D eigenvalue weighted by Crippen LogP contribution is -2.14. The molecule has 0 unspecified atom stereocenters. The van der Waals surface area contributed by atoms with Crippen LogP contribution in [0.3, 0.4) is 0 Å². The summed E-state index contributed by atoms with van der Waals surface area (Å²) in [5.74, 6) is 0.900. The van der Waals surface area contributed by atoms with Gasteiger partial charge in [-0.25, -0.2) is 0 Å². The number of halogens is 1. The standard InChI is InChI=1S/C4H11NS.ClH/c1-4(5)2-3-6;/h4,6H,2-3,5H2,1H3;1H/t4-;/m0./s1. The molecular formula is C4H12ClNS. The van der Waals surface area contributed by atoms with E-state index in [1.807, 2.05) is 6.92 Å². The Balaban J connectivity index is 0. The molecule has 0 aliphatic carbocycles. The molecule has 0 bridgehead atoms. The molecule has 0 aromatic heterocycles. The number of rotatable bonds is 2. The molecule has 0 spiro atoms. The predicted molar refractivity (Wildman–Crippen MR) is 39.4 cm³/mol. The molecule has 1 atom stereocenters. The Kier molecular flexibility index (Phi) is 9.95. The van der Waals surface area contributed by atoms with E-state index < -0.39 is 0 Å². The van der Waals surface area contributed by atoms with E-state index in [0.29, 0.717) is 6.04 Å². The Hall–Kier alpha value is 0.600. The van der Waals surface area contributed by atoms with Crippen molar-refractivity contribution in [1.29, 1.82) is 0 Å². The lowest BCUT2D eigenvalue weighted by atomic mass is 10.3. The second-order valence-electron chi connectivity index (χ2n) is 1.49. The fourth-order valence-corrected chi connectivity index (χ4v) is 0.611. The first-order valence-corrected chi connectivity index (χ1v) is 2.77. The summed E-state index contributed by atoms with van der Waals surface area (Å²) in [5, 5.41) is 0. The van der Waals surface area contributed by atoms with E-state index >= 15 is 0 Å². The van der Waals surface area contributed by atoms with Crippen LogP contribution >= 0.6 is 25.0 Å². The second-order valence-corrected chi connectivity index (χ2v) is 1.94. The molecule has 0 rings (SSSR count). The molecule has 2 N–H and O–H groups in total. The minimum absolute atomic E-state index is 0. The normalized spacial score (nSPS) is 12.4. The van der Waals surface area contributed by atoms with Crippen LogP contribution in [-0.4, -0.2) is 11.8 Å². The molecule has 0 saturated heterocycles. The lowest BCUT2D eigenvalue weighted by molar-refractivity contribution is 0.722. The molecule has 0 fully saturated rings. The van der Waals surface area contributed by atoms with Crippen molar-refractivity contribution in [3.63, 3.8) is 0 Å². The molecule has 46 valence electrons. The molecule has 0 saturated carbocycles. The van der Waals surface area contributed by atoms with Crippen LogP contribution < -0.4 is 5.73 Å². The number of thiol groups is 1. The second kappa shape index (κ2) is 6.60. The van der Waals surface area contributed by atoms with Gasteiger partial charge in [-0.2, -0.15) is 12.6 Å². The van der Waals surface area contributed by atoms with E-state index in [-0.39, 0.29) is 12.4 Å².